The highest BCUT2D eigenvalue weighted by molar-refractivity contribution is 5.47. The summed E-state index contributed by atoms with van der Waals surface area (Å²) in [7, 11) is 1.65. The Morgan fingerprint density at radius 1 is 1.16 bits per heavy atom. The van der Waals surface area contributed by atoms with Gasteiger partial charge in [0.05, 0.1) is 7.11 Å². The van der Waals surface area contributed by atoms with Crippen LogP contribution in [0.15, 0.2) is 48.5 Å². The van der Waals surface area contributed by atoms with Crippen LogP contribution in [0.5, 0.6) is 5.75 Å². The minimum absolute atomic E-state index is 0.186. The summed E-state index contributed by atoms with van der Waals surface area (Å²) in [5.41, 5.74) is 2.03. The van der Waals surface area contributed by atoms with Gasteiger partial charge in [-0.1, -0.05) is 12.1 Å². The van der Waals surface area contributed by atoms with Crippen molar-refractivity contribution in [3.63, 3.8) is 0 Å². The number of nitrogens with one attached hydrogen (secondary N) is 1. The Morgan fingerprint density at radius 3 is 2.53 bits per heavy atom. The molecule has 100 valence electrons. The molecule has 2 aromatic rings. The van der Waals surface area contributed by atoms with Gasteiger partial charge in [0.25, 0.3) is 0 Å². The normalized spacial score (nSPS) is 11.9. The van der Waals surface area contributed by atoms with Crippen LogP contribution in [0.3, 0.4) is 0 Å². The number of ether oxygens (including phenoxy) is 1. The molecule has 0 saturated heterocycles. The van der Waals surface area contributed by atoms with Crippen LogP contribution in [-0.2, 0) is 6.42 Å². The Morgan fingerprint density at radius 2 is 1.89 bits per heavy atom. The number of benzene rings is 2. The van der Waals surface area contributed by atoms with Crippen LogP contribution in [-0.4, -0.2) is 13.2 Å². The summed E-state index contributed by atoms with van der Waals surface area (Å²) < 4.78 is 18.2. The van der Waals surface area contributed by atoms with Crippen molar-refractivity contribution in [3.05, 3.63) is 59.9 Å². The highest BCUT2D eigenvalue weighted by Crippen LogP contribution is 2.17. The molecule has 0 aliphatic rings. The minimum Gasteiger partial charge on any atom is -0.497 e. The first kappa shape index (κ1) is 13.4. The molecule has 1 N–H and O–H groups in total. The Hall–Kier alpha value is -2.03. The number of hydrogen-bond acceptors (Lipinski definition) is 2. The summed E-state index contributed by atoms with van der Waals surface area (Å²) >= 11 is 0. The zero-order valence-electron chi connectivity index (χ0n) is 11.2. The molecule has 0 aliphatic carbocycles. The van der Waals surface area contributed by atoms with Gasteiger partial charge >= 0.3 is 0 Å². The van der Waals surface area contributed by atoms with E-state index in [0.29, 0.717) is 0 Å². The monoisotopic (exact) mass is 259 g/mol. The SMILES string of the molecule is COc1ccc(NC(C)Cc2cccc(F)c2)cc1. The van der Waals surface area contributed by atoms with Crippen molar-refractivity contribution in [1.29, 1.82) is 0 Å². The number of hydrogen-bond donors (Lipinski definition) is 1. The van der Waals surface area contributed by atoms with E-state index in [1.54, 1.807) is 19.2 Å². The van der Waals surface area contributed by atoms with Crippen LogP contribution in [0, 0.1) is 5.82 Å². The minimum atomic E-state index is -0.186. The quantitative estimate of drug-likeness (QED) is 0.880. The predicted octanol–water partition coefficient (Wildman–Crippen LogP) is 3.88. The first-order valence-electron chi connectivity index (χ1n) is 6.32. The van der Waals surface area contributed by atoms with Crippen molar-refractivity contribution in [2.24, 2.45) is 0 Å². The second-order valence-electron chi connectivity index (χ2n) is 4.61. The third-order valence-corrected chi connectivity index (χ3v) is 2.93. The lowest BCUT2D eigenvalue weighted by Gasteiger charge is -2.15. The summed E-state index contributed by atoms with van der Waals surface area (Å²) in [6, 6.07) is 14.7. The van der Waals surface area contributed by atoms with Crippen molar-refractivity contribution in [2.45, 2.75) is 19.4 Å². The highest BCUT2D eigenvalue weighted by atomic mass is 19.1. The summed E-state index contributed by atoms with van der Waals surface area (Å²) in [4.78, 5) is 0. The van der Waals surface area contributed by atoms with E-state index >= 15 is 0 Å². The lowest BCUT2D eigenvalue weighted by atomic mass is 10.1. The second-order valence-corrected chi connectivity index (χ2v) is 4.61. The van der Waals surface area contributed by atoms with E-state index in [1.807, 2.05) is 30.3 Å². The summed E-state index contributed by atoms with van der Waals surface area (Å²) in [6.07, 6.45) is 0.782. The first-order valence-corrected chi connectivity index (χ1v) is 6.32. The van der Waals surface area contributed by atoms with Gasteiger partial charge in [-0.3, -0.25) is 0 Å². The molecule has 2 rings (SSSR count). The molecule has 2 aromatic carbocycles. The molecule has 2 nitrogen and oxygen atoms in total. The standard InChI is InChI=1S/C16H18FNO/c1-12(10-13-4-3-5-14(17)11-13)18-15-6-8-16(19-2)9-7-15/h3-9,11-12,18H,10H2,1-2H3. The van der Waals surface area contributed by atoms with Gasteiger partial charge in [0.1, 0.15) is 11.6 Å². The van der Waals surface area contributed by atoms with E-state index in [2.05, 4.69) is 12.2 Å². The number of anilines is 1. The van der Waals surface area contributed by atoms with Gasteiger partial charge in [-0.15, -0.1) is 0 Å². The van der Waals surface area contributed by atoms with Crippen molar-refractivity contribution < 1.29 is 9.13 Å². The van der Waals surface area contributed by atoms with Crippen LogP contribution < -0.4 is 10.1 Å². The maximum atomic E-state index is 13.1. The van der Waals surface area contributed by atoms with E-state index in [-0.39, 0.29) is 11.9 Å². The van der Waals surface area contributed by atoms with E-state index in [0.717, 1.165) is 23.4 Å². The third-order valence-electron chi connectivity index (χ3n) is 2.93. The van der Waals surface area contributed by atoms with Crippen molar-refractivity contribution in [1.82, 2.24) is 0 Å². The fourth-order valence-corrected chi connectivity index (χ4v) is 2.04. The lowest BCUT2D eigenvalue weighted by molar-refractivity contribution is 0.415. The molecule has 0 bridgehead atoms. The molecule has 0 fully saturated rings. The molecule has 0 aliphatic heterocycles. The van der Waals surface area contributed by atoms with Gasteiger partial charge in [0.2, 0.25) is 0 Å². The zero-order chi connectivity index (χ0) is 13.7. The van der Waals surface area contributed by atoms with Crippen LogP contribution in [0.4, 0.5) is 10.1 Å². The van der Waals surface area contributed by atoms with Gasteiger partial charge < -0.3 is 10.1 Å². The maximum Gasteiger partial charge on any atom is 0.123 e. The Kier molecular flexibility index (Phi) is 4.39. The van der Waals surface area contributed by atoms with Crippen LogP contribution in [0.1, 0.15) is 12.5 Å². The number of methoxy groups -OCH3 is 1. The van der Waals surface area contributed by atoms with E-state index in [4.69, 9.17) is 4.74 Å². The van der Waals surface area contributed by atoms with Gasteiger partial charge in [0, 0.05) is 11.7 Å². The first-order chi connectivity index (χ1) is 9.17. The fourth-order valence-electron chi connectivity index (χ4n) is 2.04. The lowest BCUT2D eigenvalue weighted by Crippen LogP contribution is -2.18. The zero-order valence-corrected chi connectivity index (χ0v) is 11.2. The average molecular weight is 259 g/mol. The molecule has 19 heavy (non-hydrogen) atoms. The topological polar surface area (TPSA) is 21.3 Å². The van der Waals surface area contributed by atoms with E-state index < -0.39 is 0 Å². The average Bonchev–Trinajstić information content (AvgIpc) is 2.39. The second kappa shape index (κ2) is 6.23. The molecular formula is C16H18FNO. The molecule has 3 heteroatoms. The smallest absolute Gasteiger partial charge is 0.123 e. The Bertz CT molecular complexity index is 525. The predicted molar refractivity (Wildman–Crippen MR) is 76.2 cm³/mol. The van der Waals surface area contributed by atoms with Gasteiger partial charge in [-0.05, 0) is 55.3 Å². The summed E-state index contributed by atoms with van der Waals surface area (Å²) in [6.45, 7) is 2.08. The van der Waals surface area contributed by atoms with Gasteiger partial charge in [0.15, 0.2) is 0 Å². The largest absolute Gasteiger partial charge is 0.497 e. The number of halogens is 1. The summed E-state index contributed by atoms with van der Waals surface area (Å²) in [5.74, 6) is 0.650. The Labute approximate surface area is 113 Å². The summed E-state index contributed by atoms with van der Waals surface area (Å²) in [5, 5.41) is 3.38. The molecule has 0 amide bonds. The third kappa shape index (κ3) is 3.98. The van der Waals surface area contributed by atoms with Crippen LogP contribution >= 0.6 is 0 Å². The molecule has 0 heterocycles. The van der Waals surface area contributed by atoms with E-state index in [9.17, 15) is 4.39 Å². The van der Waals surface area contributed by atoms with Gasteiger partial charge in [-0.2, -0.15) is 0 Å². The Balaban J connectivity index is 1.95. The van der Waals surface area contributed by atoms with Gasteiger partial charge in [-0.25, -0.2) is 4.39 Å². The molecule has 0 radical (unpaired) electrons. The van der Waals surface area contributed by atoms with Crippen LogP contribution in [0.25, 0.3) is 0 Å². The molecule has 0 aromatic heterocycles. The molecule has 1 unspecified atom stereocenters. The van der Waals surface area contributed by atoms with Crippen LogP contribution in [0.2, 0.25) is 0 Å². The van der Waals surface area contributed by atoms with E-state index in [1.165, 1.54) is 6.07 Å². The molecule has 0 saturated carbocycles. The van der Waals surface area contributed by atoms with Crippen molar-refractivity contribution in [3.8, 4) is 5.75 Å². The molecular weight excluding hydrogens is 241 g/mol. The number of rotatable bonds is 5. The highest BCUT2D eigenvalue weighted by Gasteiger charge is 2.04. The fraction of sp³-hybridized carbons (Fsp3) is 0.250. The van der Waals surface area contributed by atoms with Crippen molar-refractivity contribution in [2.75, 3.05) is 12.4 Å². The molecule has 1 atom stereocenters. The maximum absolute atomic E-state index is 13.1. The van der Waals surface area contributed by atoms with Crippen molar-refractivity contribution >= 4 is 5.69 Å². The molecule has 0 spiro atoms.